The molecule has 4 heteroatoms. The summed E-state index contributed by atoms with van der Waals surface area (Å²) >= 11 is 0. The predicted octanol–water partition coefficient (Wildman–Crippen LogP) is 4.38. The summed E-state index contributed by atoms with van der Waals surface area (Å²) in [5.41, 5.74) is 0.995. The zero-order valence-corrected chi connectivity index (χ0v) is 14.3. The summed E-state index contributed by atoms with van der Waals surface area (Å²) in [6, 6.07) is 11.1. The molecule has 1 saturated heterocycles. The molecular weight excluding hydrogens is 298 g/mol. The summed E-state index contributed by atoms with van der Waals surface area (Å²) < 4.78 is 8.29. The van der Waals surface area contributed by atoms with Gasteiger partial charge in [0.2, 0.25) is 0 Å². The van der Waals surface area contributed by atoms with Crippen molar-refractivity contribution in [1.29, 1.82) is 0 Å². The highest BCUT2D eigenvalue weighted by atomic mass is 16.3. The highest BCUT2D eigenvalue weighted by Gasteiger charge is 2.23. The molecule has 0 spiro atoms. The van der Waals surface area contributed by atoms with E-state index in [4.69, 9.17) is 4.42 Å². The third-order valence-electron chi connectivity index (χ3n) is 5.21. The number of piperidine rings is 1. The van der Waals surface area contributed by atoms with E-state index < -0.39 is 0 Å². The molecule has 4 nitrogen and oxygen atoms in total. The molecular formula is C20H25N3O. The van der Waals surface area contributed by atoms with Crippen molar-refractivity contribution in [1.82, 2.24) is 14.5 Å². The Morgan fingerprint density at radius 2 is 2.17 bits per heavy atom. The maximum absolute atomic E-state index is 6.03. The first-order valence-electron chi connectivity index (χ1n) is 8.99. The van der Waals surface area contributed by atoms with E-state index in [1.165, 1.54) is 37.6 Å². The Morgan fingerprint density at radius 1 is 1.25 bits per heavy atom. The fourth-order valence-electron chi connectivity index (χ4n) is 3.84. The van der Waals surface area contributed by atoms with Crippen LogP contribution in [0.25, 0.3) is 11.0 Å². The van der Waals surface area contributed by atoms with Gasteiger partial charge in [-0.2, -0.15) is 0 Å². The van der Waals surface area contributed by atoms with E-state index in [2.05, 4.69) is 45.8 Å². The van der Waals surface area contributed by atoms with Crippen LogP contribution in [0.1, 0.15) is 37.3 Å². The standard InChI is InChI=1S/C20H25N3O/c1-16-21-10-13-22(16)12-9-18-7-4-5-11-23(18)15-19-14-17-6-2-3-8-20(17)24-19/h2-3,6,8,10,13-14,18H,4-5,7,9,11-12,15H2,1H3. The van der Waals surface area contributed by atoms with Crippen LogP contribution in [0.2, 0.25) is 0 Å². The molecule has 1 atom stereocenters. The molecule has 4 rings (SSSR count). The Kier molecular flexibility index (Phi) is 4.39. The van der Waals surface area contributed by atoms with Crippen LogP contribution in [0.3, 0.4) is 0 Å². The van der Waals surface area contributed by atoms with Gasteiger partial charge < -0.3 is 8.98 Å². The molecule has 1 aliphatic rings. The largest absolute Gasteiger partial charge is 0.460 e. The van der Waals surface area contributed by atoms with Crippen molar-refractivity contribution in [3.63, 3.8) is 0 Å². The van der Waals surface area contributed by atoms with Crippen molar-refractivity contribution in [2.45, 2.75) is 51.7 Å². The third-order valence-corrected chi connectivity index (χ3v) is 5.21. The van der Waals surface area contributed by atoms with Gasteiger partial charge in [0.1, 0.15) is 17.2 Å². The lowest BCUT2D eigenvalue weighted by Crippen LogP contribution is -2.39. The number of fused-ring (bicyclic) bond motifs is 1. The fraction of sp³-hybridized carbons (Fsp3) is 0.450. The van der Waals surface area contributed by atoms with Crippen molar-refractivity contribution in [3.8, 4) is 0 Å². The van der Waals surface area contributed by atoms with E-state index in [1.54, 1.807) is 0 Å². The second kappa shape index (κ2) is 6.81. The second-order valence-electron chi connectivity index (χ2n) is 6.83. The average molecular weight is 323 g/mol. The molecule has 3 aromatic rings. The first-order chi connectivity index (χ1) is 11.8. The highest BCUT2D eigenvalue weighted by Crippen LogP contribution is 2.25. The van der Waals surface area contributed by atoms with Crippen molar-refractivity contribution in [2.24, 2.45) is 0 Å². The number of benzene rings is 1. The molecule has 0 amide bonds. The number of hydrogen-bond donors (Lipinski definition) is 0. The van der Waals surface area contributed by atoms with E-state index in [0.717, 1.165) is 30.3 Å². The molecule has 1 aromatic carbocycles. The van der Waals surface area contributed by atoms with Gasteiger partial charge in [0.05, 0.1) is 6.54 Å². The highest BCUT2D eigenvalue weighted by molar-refractivity contribution is 5.77. The molecule has 0 aliphatic carbocycles. The zero-order valence-electron chi connectivity index (χ0n) is 14.3. The molecule has 24 heavy (non-hydrogen) atoms. The Balaban J connectivity index is 1.44. The van der Waals surface area contributed by atoms with Gasteiger partial charge in [0.15, 0.2) is 0 Å². The van der Waals surface area contributed by atoms with Crippen LogP contribution in [0.4, 0.5) is 0 Å². The lowest BCUT2D eigenvalue weighted by atomic mass is 9.99. The van der Waals surface area contributed by atoms with Crippen LogP contribution in [0.5, 0.6) is 0 Å². The van der Waals surface area contributed by atoms with Gasteiger partial charge in [0, 0.05) is 30.4 Å². The Morgan fingerprint density at radius 3 is 3.00 bits per heavy atom. The molecule has 0 saturated carbocycles. The summed E-state index contributed by atoms with van der Waals surface area (Å²) in [7, 11) is 0. The molecule has 0 N–H and O–H groups in total. The van der Waals surface area contributed by atoms with Crippen LogP contribution < -0.4 is 0 Å². The van der Waals surface area contributed by atoms with Crippen molar-refractivity contribution in [3.05, 3.63) is 54.3 Å². The number of nitrogens with zero attached hydrogens (tertiary/aromatic N) is 3. The Hall–Kier alpha value is -2.07. The van der Waals surface area contributed by atoms with Crippen molar-refractivity contribution in [2.75, 3.05) is 6.54 Å². The molecule has 126 valence electrons. The minimum absolute atomic E-state index is 0.633. The quantitative estimate of drug-likeness (QED) is 0.698. The maximum atomic E-state index is 6.03. The van der Waals surface area contributed by atoms with Crippen LogP contribution in [-0.2, 0) is 13.1 Å². The maximum Gasteiger partial charge on any atom is 0.134 e. The van der Waals surface area contributed by atoms with Gasteiger partial charge in [-0.25, -0.2) is 4.98 Å². The van der Waals surface area contributed by atoms with Gasteiger partial charge in [-0.1, -0.05) is 24.6 Å². The van der Waals surface area contributed by atoms with Gasteiger partial charge in [-0.15, -0.1) is 0 Å². The molecule has 1 unspecified atom stereocenters. The number of hydrogen-bond acceptors (Lipinski definition) is 3. The lowest BCUT2D eigenvalue weighted by Gasteiger charge is -2.35. The number of likely N-dealkylation sites (tertiary alicyclic amines) is 1. The second-order valence-corrected chi connectivity index (χ2v) is 6.83. The van der Waals surface area contributed by atoms with E-state index in [9.17, 15) is 0 Å². The van der Waals surface area contributed by atoms with Gasteiger partial charge >= 0.3 is 0 Å². The smallest absolute Gasteiger partial charge is 0.134 e. The van der Waals surface area contributed by atoms with Crippen molar-refractivity contribution < 1.29 is 4.42 Å². The van der Waals surface area contributed by atoms with E-state index >= 15 is 0 Å². The number of rotatable bonds is 5. The van der Waals surface area contributed by atoms with E-state index in [-0.39, 0.29) is 0 Å². The van der Waals surface area contributed by atoms with Gasteiger partial charge in [-0.3, -0.25) is 4.90 Å². The monoisotopic (exact) mass is 323 g/mol. The van der Waals surface area contributed by atoms with Crippen LogP contribution in [0, 0.1) is 6.92 Å². The Labute approximate surface area is 143 Å². The van der Waals surface area contributed by atoms with Gasteiger partial charge in [-0.05, 0) is 44.9 Å². The molecule has 0 bridgehead atoms. The molecule has 1 aliphatic heterocycles. The van der Waals surface area contributed by atoms with Gasteiger partial charge in [0.25, 0.3) is 0 Å². The average Bonchev–Trinajstić information content (AvgIpc) is 3.19. The topological polar surface area (TPSA) is 34.2 Å². The SMILES string of the molecule is Cc1nccn1CCC1CCCCN1Cc1cc2ccccc2o1. The normalized spacial score (nSPS) is 19.1. The minimum atomic E-state index is 0.633. The first kappa shape index (κ1) is 15.5. The van der Waals surface area contributed by atoms with E-state index in [1.807, 2.05) is 18.3 Å². The first-order valence-corrected chi connectivity index (χ1v) is 8.99. The number of imidazole rings is 1. The van der Waals surface area contributed by atoms with Crippen molar-refractivity contribution >= 4 is 11.0 Å². The summed E-state index contributed by atoms with van der Waals surface area (Å²) in [6.07, 6.45) is 9.07. The summed E-state index contributed by atoms with van der Waals surface area (Å²) in [4.78, 5) is 6.93. The van der Waals surface area contributed by atoms with Crippen LogP contribution >= 0.6 is 0 Å². The number of para-hydroxylation sites is 1. The summed E-state index contributed by atoms with van der Waals surface area (Å²) in [6.45, 7) is 5.22. The summed E-state index contributed by atoms with van der Waals surface area (Å²) in [5, 5.41) is 1.20. The third kappa shape index (κ3) is 3.24. The van der Waals surface area contributed by atoms with E-state index in [0.29, 0.717) is 6.04 Å². The molecule has 2 aromatic heterocycles. The number of aryl methyl sites for hydroxylation is 2. The molecule has 0 radical (unpaired) electrons. The Bertz CT molecular complexity index is 771. The predicted molar refractivity (Wildman–Crippen MR) is 95.8 cm³/mol. The lowest BCUT2D eigenvalue weighted by molar-refractivity contribution is 0.120. The number of aromatic nitrogens is 2. The minimum Gasteiger partial charge on any atom is -0.460 e. The summed E-state index contributed by atoms with van der Waals surface area (Å²) in [5.74, 6) is 2.19. The van der Waals surface area contributed by atoms with Crippen LogP contribution in [0.15, 0.2) is 47.1 Å². The zero-order chi connectivity index (χ0) is 16.4. The number of furan rings is 1. The van der Waals surface area contributed by atoms with Crippen LogP contribution in [-0.4, -0.2) is 27.0 Å². The fourth-order valence-corrected chi connectivity index (χ4v) is 3.84. The molecule has 1 fully saturated rings. The molecule has 3 heterocycles.